The van der Waals surface area contributed by atoms with Crippen LogP contribution in [0.4, 0.5) is 0 Å². The molecule has 0 atom stereocenters. The summed E-state index contributed by atoms with van der Waals surface area (Å²) >= 11 is 6.20. The fourth-order valence-electron chi connectivity index (χ4n) is 1.89. The van der Waals surface area contributed by atoms with Crippen molar-refractivity contribution in [1.29, 1.82) is 0 Å². The van der Waals surface area contributed by atoms with E-state index in [0.29, 0.717) is 35.2 Å². The van der Waals surface area contributed by atoms with Gasteiger partial charge in [0.2, 0.25) is 0 Å². The number of ether oxygens (including phenoxy) is 2. The van der Waals surface area contributed by atoms with Crippen molar-refractivity contribution in [3.63, 3.8) is 0 Å². The summed E-state index contributed by atoms with van der Waals surface area (Å²) in [4.78, 5) is 14.2. The summed E-state index contributed by atoms with van der Waals surface area (Å²) in [5.74, 6) is 0.788. The van der Waals surface area contributed by atoms with E-state index in [2.05, 4.69) is 10.2 Å². The average molecular weight is 329 g/mol. The molecule has 124 valence electrons. The number of benzene rings is 1. The number of carbonyl (C=O) groups excluding carboxylic acids is 1. The molecule has 0 aliphatic carbocycles. The standard InChI is InChI=1S/C16H25ClN2O3/c1-5-9-22-15-13(17)10-12(11-14(15)21-4)16(20)18-7-6-8-19(2)3/h10-11H,5-9H2,1-4H3,(H,18,20). The van der Waals surface area contributed by atoms with Gasteiger partial charge in [-0.05, 0) is 45.6 Å². The largest absolute Gasteiger partial charge is 0.493 e. The van der Waals surface area contributed by atoms with E-state index in [0.717, 1.165) is 19.4 Å². The fraction of sp³-hybridized carbons (Fsp3) is 0.562. The fourth-order valence-corrected chi connectivity index (χ4v) is 2.16. The lowest BCUT2D eigenvalue weighted by Gasteiger charge is -2.14. The Morgan fingerprint density at radius 2 is 2.09 bits per heavy atom. The molecule has 0 saturated heterocycles. The molecule has 0 spiro atoms. The normalized spacial score (nSPS) is 10.6. The second-order valence-corrected chi connectivity index (χ2v) is 5.66. The van der Waals surface area contributed by atoms with Gasteiger partial charge in [0.05, 0.1) is 18.7 Å². The van der Waals surface area contributed by atoms with Crippen LogP contribution in [0.2, 0.25) is 5.02 Å². The monoisotopic (exact) mass is 328 g/mol. The van der Waals surface area contributed by atoms with Crippen molar-refractivity contribution in [2.75, 3.05) is 40.9 Å². The lowest BCUT2D eigenvalue weighted by molar-refractivity contribution is 0.0952. The zero-order valence-corrected chi connectivity index (χ0v) is 14.5. The molecule has 0 bridgehead atoms. The van der Waals surface area contributed by atoms with Crippen LogP contribution in [0.5, 0.6) is 11.5 Å². The first kappa shape index (κ1) is 18.6. The number of halogens is 1. The van der Waals surface area contributed by atoms with Crippen LogP contribution < -0.4 is 14.8 Å². The molecule has 1 aromatic carbocycles. The van der Waals surface area contributed by atoms with Crippen LogP contribution in [0.3, 0.4) is 0 Å². The Bertz CT molecular complexity index is 493. The number of nitrogens with one attached hydrogen (secondary N) is 1. The van der Waals surface area contributed by atoms with E-state index in [4.69, 9.17) is 21.1 Å². The van der Waals surface area contributed by atoms with E-state index >= 15 is 0 Å². The lowest BCUT2D eigenvalue weighted by atomic mass is 10.2. The van der Waals surface area contributed by atoms with Crippen molar-refractivity contribution in [2.45, 2.75) is 19.8 Å². The van der Waals surface area contributed by atoms with Gasteiger partial charge in [-0.1, -0.05) is 18.5 Å². The molecule has 5 nitrogen and oxygen atoms in total. The van der Waals surface area contributed by atoms with Crippen LogP contribution in [-0.2, 0) is 0 Å². The van der Waals surface area contributed by atoms with Gasteiger partial charge >= 0.3 is 0 Å². The summed E-state index contributed by atoms with van der Waals surface area (Å²) < 4.78 is 10.8. The Balaban J connectivity index is 2.74. The average Bonchev–Trinajstić information content (AvgIpc) is 2.49. The Labute approximate surface area is 137 Å². The highest BCUT2D eigenvalue weighted by Gasteiger charge is 2.15. The number of carbonyl (C=O) groups is 1. The smallest absolute Gasteiger partial charge is 0.251 e. The molecule has 1 N–H and O–H groups in total. The van der Waals surface area contributed by atoms with E-state index < -0.39 is 0 Å². The van der Waals surface area contributed by atoms with Gasteiger partial charge in [0.1, 0.15) is 0 Å². The van der Waals surface area contributed by atoms with Gasteiger partial charge in [0.15, 0.2) is 11.5 Å². The SMILES string of the molecule is CCCOc1c(Cl)cc(C(=O)NCCCN(C)C)cc1OC. The van der Waals surface area contributed by atoms with Gasteiger partial charge < -0.3 is 19.7 Å². The maximum Gasteiger partial charge on any atom is 0.251 e. The maximum atomic E-state index is 12.2. The van der Waals surface area contributed by atoms with Crippen LogP contribution >= 0.6 is 11.6 Å². The number of amides is 1. The predicted octanol–water partition coefficient (Wildman–Crippen LogP) is 2.82. The maximum absolute atomic E-state index is 12.2. The van der Waals surface area contributed by atoms with Gasteiger partial charge in [0, 0.05) is 12.1 Å². The molecule has 0 radical (unpaired) electrons. The molecule has 22 heavy (non-hydrogen) atoms. The minimum Gasteiger partial charge on any atom is -0.493 e. The second kappa shape index (κ2) is 9.54. The highest BCUT2D eigenvalue weighted by molar-refractivity contribution is 6.32. The molecule has 0 fully saturated rings. The Hall–Kier alpha value is -1.46. The topological polar surface area (TPSA) is 50.8 Å². The summed E-state index contributed by atoms with van der Waals surface area (Å²) in [6.07, 6.45) is 1.76. The van der Waals surface area contributed by atoms with Crippen LogP contribution in [0.15, 0.2) is 12.1 Å². The highest BCUT2D eigenvalue weighted by atomic mass is 35.5. The lowest BCUT2D eigenvalue weighted by Crippen LogP contribution is -2.27. The van der Waals surface area contributed by atoms with E-state index in [1.165, 1.54) is 7.11 Å². The minimum absolute atomic E-state index is 0.166. The minimum atomic E-state index is -0.166. The molecular formula is C16H25ClN2O3. The third-order valence-corrected chi connectivity index (χ3v) is 3.29. The molecule has 0 aromatic heterocycles. The summed E-state index contributed by atoms with van der Waals surface area (Å²) in [7, 11) is 5.53. The molecular weight excluding hydrogens is 304 g/mol. The molecule has 0 aliphatic heterocycles. The van der Waals surface area contributed by atoms with Crippen molar-refractivity contribution in [3.8, 4) is 11.5 Å². The number of hydrogen-bond donors (Lipinski definition) is 1. The van der Waals surface area contributed by atoms with Crippen molar-refractivity contribution in [1.82, 2.24) is 10.2 Å². The molecule has 0 heterocycles. The molecule has 0 unspecified atom stereocenters. The number of rotatable bonds is 9. The van der Waals surface area contributed by atoms with Crippen LogP contribution in [0, 0.1) is 0 Å². The second-order valence-electron chi connectivity index (χ2n) is 5.25. The van der Waals surface area contributed by atoms with Gasteiger partial charge in [-0.25, -0.2) is 0 Å². The summed E-state index contributed by atoms with van der Waals surface area (Å²) in [5.41, 5.74) is 0.468. The van der Waals surface area contributed by atoms with Crippen LogP contribution in [-0.4, -0.2) is 51.7 Å². The van der Waals surface area contributed by atoms with Crippen LogP contribution in [0.1, 0.15) is 30.1 Å². The number of nitrogens with zero attached hydrogens (tertiary/aromatic N) is 1. The quantitative estimate of drug-likeness (QED) is 0.708. The Morgan fingerprint density at radius 1 is 1.36 bits per heavy atom. The summed E-state index contributed by atoms with van der Waals surface area (Å²) in [5, 5.41) is 3.26. The third-order valence-electron chi connectivity index (χ3n) is 3.01. The molecule has 0 saturated carbocycles. The first-order valence-electron chi connectivity index (χ1n) is 7.42. The van der Waals surface area contributed by atoms with Gasteiger partial charge in [0.25, 0.3) is 5.91 Å². The first-order valence-corrected chi connectivity index (χ1v) is 7.80. The molecule has 1 amide bonds. The summed E-state index contributed by atoms with van der Waals surface area (Å²) in [6.45, 7) is 4.10. The van der Waals surface area contributed by atoms with E-state index in [9.17, 15) is 4.79 Å². The Kier molecular flexibility index (Phi) is 8.06. The van der Waals surface area contributed by atoms with Crippen molar-refractivity contribution < 1.29 is 14.3 Å². The molecule has 1 rings (SSSR count). The molecule has 6 heteroatoms. The van der Waals surface area contributed by atoms with Crippen molar-refractivity contribution >= 4 is 17.5 Å². The van der Waals surface area contributed by atoms with Crippen molar-refractivity contribution in [2.24, 2.45) is 0 Å². The van der Waals surface area contributed by atoms with Gasteiger partial charge in [-0.2, -0.15) is 0 Å². The zero-order valence-electron chi connectivity index (χ0n) is 13.7. The summed E-state index contributed by atoms with van der Waals surface area (Å²) in [6, 6.07) is 3.26. The van der Waals surface area contributed by atoms with E-state index in [1.54, 1.807) is 12.1 Å². The zero-order chi connectivity index (χ0) is 16.5. The Morgan fingerprint density at radius 3 is 2.68 bits per heavy atom. The molecule has 1 aromatic rings. The number of hydrogen-bond acceptors (Lipinski definition) is 4. The van der Waals surface area contributed by atoms with Gasteiger partial charge in [-0.3, -0.25) is 4.79 Å². The van der Waals surface area contributed by atoms with Crippen molar-refractivity contribution in [3.05, 3.63) is 22.7 Å². The number of methoxy groups -OCH3 is 1. The van der Waals surface area contributed by atoms with E-state index in [-0.39, 0.29) is 5.91 Å². The van der Waals surface area contributed by atoms with Crippen LogP contribution in [0.25, 0.3) is 0 Å². The molecule has 0 aliphatic rings. The first-order chi connectivity index (χ1) is 10.5. The predicted molar refractivity (Wildman–Crippen MR) is 89.3 cm³/mol. The highest BCUT2D eigenvalue weighted by Crippen LogP contribution is 2.36. The van der Waals surface area contributed by atoms with Gasteiger partial charge in [-0.15, -0.1) is 0 Å². The van der Waals surface area contributed by atoms with E-state index in [1.807, 2.05) is 21.0 Å². The third kappa shape index (κ3) is 5.73.